The molecule has 2 rings (SSSR count). The first-order valence-electron chi connectivity index (χ1n) is 8.40. The first-order valence-corrected chi connectivity index (χ1v) is 11.3. The predicted octanol–water partition coefficient (Wildman–Crippen LogP) is 3.02. The molecule has 8 heteroatoms. The highest BCUT2D eigenvalue weighted by Gasteiger charge is 2.45. The maximum atomic E-state index is 11.6. The van der Waals surface area contributed by atoms with E-state index < -0.39 is 9.84 Å². The van der Waals surface area contributed by atoms with Gasteiger partial charge >= 0.3 is 0 Å². The zero-order chi connectivity index (χ0) is 17.8. The van der Waals surface area contributed by atoms with E-state index in [-0.39, 0.29) is 40.6 Å². The molecule has 0 radical (unpaired) electrons. The highest BCUT2D eigenvalue weighted by molar-refractivity contribution is 14.0. The van der Waals surface area contributed by atoms with Gasteiger partial charge in [-0.2, -0.15) is 0 Å². The fraction of sp³-hybridized carbons (Fsp3) is 0.706. The van der Waals surface area contributed by atoms with Crippen LogP contribution in [-0.2, 0) is 15.3 Å². The van der Waals surface area contributed by atoms with Gasteiger partial charge < -0.3 is 10.6 Å². The quantitative estimate of drug-likeness (QED) is 0.328. The van der Waals surface area contributed by atoms with Crippen LogP contribution in [0, 0.1) is 5.41 Å². The number of guanidine groups is 1. The zero-order valence-corrected chi connectivity index (χ0v) is 19.4. The summed E-state index contributed by atoms with van der Waals surface area (Å²) in [6.07, 6.45) is 3.25. The number of rotatable bonds is 8. The van der Waals surface area contributed by atoms with Crippen molar-refractivity contribution in [3.63, 3.8) is 0 Å². The molecule has 0 amide bonds. The van der Waals surface area contributed by atoms with Gasteiger partial charge in [-0.15, -0.1) is 35.3 Å². The molecule has 1 fully saturated rings. The van der Waals surface area contributed by atoms with E-state index >= 15 is 0 Å². The fourth-order valence-electron chi connectivity index (χ4n) is 2.74. The first kappa shape index (κ1) is 22.7. The van der Waals surface area contributed by atoms with Crippen LogP contribution in [0.25, 0.3) is 0 Å². The SMILES string of the molecule is CCNC(=NCC(C)(C)c1cccs1)NCC1(CS(C)(=O)=O)CC1.I. The van der Waals surface area contributed by atoms with Crippen molar-refractivity contribution in [3.05, 3.63) is 22.4 Å². The highest BCUT2D eigenvalue weighted by atomic mass is 127. The van der Waals surface area contributed by atoms with Gasteiger partial charge in [0.15, 0.2) is 5.96 Å². The van der Waals surface area contributed by atoms with E-state index in [1.165, 1.54) is 11.1 Å². The van der Waals surface area contributed by atoms with Gasteiger partial charge in [-0.1, -0.05) is 19.9 Å². The van der Waals surface area contributed by atoms with Crippen molar-refractivity contribution in [1.29, 1.82) is 0 Å². The molecule has 0 aliphatic heterocycles. The van der Waals surface area contributed by atoms with Gasteiger partial charge in [0, 0.05) is 35.1 Å². The van der Waals surface area contributed by atoms with Gasteiger partial charge in [0.2, 0.25) is 0 Å². The van der Waals surface area contributed by atoms with Gasteiger partial charge in [0.25, 0.3) is 0 Å². The van der Waals surface area contributed by atoms with E-state index in [0.717, 1.165) is 25.3 Å². The van der Waals surface area contributed by atoms with Crippen molar-refractivity contribution < 1.29 is 8.42 Å². The average Bonchev–Trinajstić information content (AvgIpc) is 3.01. The minimum atomic E-state index is -2.94. The van der Waals surface area contributed by atoms with Crippen molar-refractivity contribution in [1.82, 2.24) is 10.6 Å². The Morgan fingerprint density at radius 2 is 2.04 bits per heavy atom. The van der Waals surface area contributed by atoms with Crippen LogP contribution in [0.1, 0.15) is 38.5 Å². The Morgan fingerprint density at radius 1 is 1.36 bits per heavy atom. The summed E-state index contributed by atoms with van der Waals surface area (Å²) in [5.74, 6) is 1.02. The summed E-state index contributed by atoms with van der Waals surface area (Å²) in [4.78, 5) is 6.04. The molecule has 1 aliphatic carbocycles. The summed E-state index contributed by atoms with van der Waals surface area (Å²) in [5, 5.41) is 8.69. The second-order valence-corrected chi connectivity index (χ2v) is 10.6. The topological polar surface area (TPSA) is 70.6 Å². The molecule has 0 bridgehead atoms. The molecule has 0 unspecified atom stereocenters. The number of halogens is 1. The first-order chi connectivity index (χ1) is 11.2. The average molecular weight is 499 g/mol. The van der Waals surface area contributed by atoms with E-state index in [1.54, 1.807) is 11.3 Å². The van der Waals surface area contributed by atoms with Gasteiger partial charge in [-0.3, -0.25) is 4.99 Å². The molecule has 1 aromatic rings. The Morgan fingerprint density at radius 3 is 2.52 bits per heavy atom. The molecule has 1 aromatic heterocycles. The molecular weight excluding hydrogens is 469 g/mol. The lowest BCUT2D eigenvalue weighted by atomic mass is 9.92. The normalized spacial score (nSPS) is 16.9. The molecule has 1 aliphatic rings. The van der Waals surface area contributed by atoms with Gasteiger partial charge in [0.1, 0.15) is 9.84 Å². The maximum Gasteiger partial charge on any atom is 0.191 e. The second kappa shape index (κ2) is 9.03. The Hall–Kier alpha value is -0.350. The fourth-order valence-corrected chi connectivity index (χ4v) is 5.08. The predicted molar refractivity (Wildman–Crippen MR) is 118 cm³/mol. The summed E-state index contributed by atoms with van der Waals surface area (Å²) in [6, 6.07) is 4.21. The lowest BCUT2D eigenvalue weighted by molar-refractivity contribution is 0.523. The third-order valence-electron chi connectivity index (χ3n) is 4.32. The lowest BCUT2D eigenvalue weighted by Crippen LogP contribution is -2.42. The molecule has 0 aromatic carbocycles. The standard InChI is InChI=1S/C17H29N3O2S2.HI/c1-5-18-15(19-11-16(2,3)14-7-6-10-23-14)20-12-17(8-9-17)13-24(4,21)22;/h6-7,10H,5,8-9,11-13H2,1-4H3,(H2,18,19,20);1H. The van der Waals surface area contributed by atoms with Crippen LogP contribution in [0.4, 0.5) is 0 Å². The Labute approximate surface area is 173 Å². The van der Waals surface area contributed by atoms with Crippen LogP contribution >= 0.6 is 35.3 Å². The Bertz CT molecular complexity index is 666. The van der Waals surface area contributed by atoms with E-state index in [1.807, 2.05) is 6.92 Å². The van der Waals surface area contributed by atoms with Crippen LogP contribution in [0.15, 0.2) is 22.5 Å². The van der Waals surface area contributed by atoms with Gasteiger partial charge in [-0.25, -0.2) is 8.42 Å². The molecule has 144 valence electrons. The van der Waals surface area contributed by atoms with E-state index in [9.17, 15) is 8.42 Å². The zero-order valence-electron chi connectivity index (χ0n) is 15.5. The van der Waals surface area contributed by atoms with E-state index in [2.05, 4.69) is 42.0 Å². The van der Waals surface area contributed by atoms with Crippen LogP contribution in [0.3, 0.4) is 0 Å². The van der Waals surface area contributed by atoms with Crippen LogP contribution in [0.5, 0.6) is 0 Å². The number of nitrogens with zero attached hydrogens (tertiary/aromatic N) is 1. The van der Waals surface area contributed by atoms with Gasteiger partial charge in [0.05, 0.1) is 12.3 Å². The van der Waals surface area contributed by atoms with Crippen molar-refractivity contribution >= 4 is 51.1 Å². The minimum Gasteiger partial charge on any atom is -0.357 e. The third kappa shape index (κ3) is 7.42. The number of aliphatic imine (C=N–C) groups is 1. The largest absolute Gasteiger partial charge is 0.357 e. The molecule has 5 nitrogen and oxygen atoms in total. The van der Waals surface area contributed by atoms with E-state index in [0.29, 0.717) is 13.1 Å². The third-order valence-corrected chi connectivity index (χ3v) is 6.69. The summed E-state index contributed by atoms with van der Waals surface area (Å²) < 4.78 is 23.1. The molecule has 0 spiro atoms. The summed E-state index contributed by atoms with van der Waals surface area (Å²) in [7, 11) is -2.94. The number of thiophene rings is 1. The number of nitrogens with one attached hydrogen (secondary N) is 2. The van der Waals surface area contributed by atoms with Crippen LogP contribution < -0.4 is 10.6 Å². The second-order valence-electron chi connectivity index (χ2n) is 7.48. The smallest absolute Gasteiger partial charge is 0.191 e. The van der Waals surface area contributed by atoms with Crippen molar-refractivity contribution in [3.8, 4) is 0 Å². The minimum absolute atomic E-state index is 0. The molecular formula is C17H30IN3O2S2. The molecule has 0 saturated heterocycles. The monoisotopic (exact) mass is 499 g/mol. The number of hydrogen-bond donors (Lipinski definition) is 2. The van der Waals surface area contributed by atoms with Crippen molar-refractivity contribution in [2.24, 2.45) is 10.4 Å². The molecule has 1 heterocycles. The molecule has 2 N–H and O–H groups in total. The van der Waals surface area contributed by atoms with Crippen LogP contribution in [-0.4, -0.2) is 46.0 Å². The maximum absolute atomic E-state index is 11.6. The van der Waals surface area contributed by atoms with Crippen LogP contribution in [0.2, 0.25) is 0 Å². The van der Waals surface area contributed by atoms with Gasteiger partial charge in [-0.05, 0) is 31.2 Å². The number of sulfone groups is 1. The Balaban J connectivity index is 0.00000312. The summed E-state index contributed by atoms with van der Waals surface area (Å²) in [5.41, 5.74) is -0.117. The summed E-state index contributed by atoms with van der Waals surface area (Å²) in [6.45, 7) is 8.54. The summed E-state index contributed by atoms with van der Waals surface area (Å²) >= 11 is 1.75. The van der Waals surface area contributed by atoms with E-state index in [4.69, 9.17) is 4.99 Å². The molecule has 0 atom stereocenters. The van der Waals surface area contributed by atoms with Crippen molar-refractivity contribution in [2.45, 2.75) is 39.0 Å². The molecule has 25 heavy (non-hydrogen) atoms. The molecule has 1 saturated carbocycles. The van der Waals surface area contributed by atoms with Crippen molar-refractivity contribution in [2.75, 3.05) is 31.6 Å². The highest BCUT2D eigenvalue weighted by Crippen LogP contribution is 2.46. The lowest BCUT2D eigenvalue weighted by Gasteiger charge is -2.22. The number of hydrogen-bond acceptors (Lipinski definition) is 4. The Kier molecular flexibility index (Phi) is 8.20.